The van der Waals surface area contributed by atoms with Crippen LogP contribution < -0.4 is 5.32 Å². The lowest BCUT2D eigenvalue weighted by Crippen LogP contribution is -2.33. The van der Waals surface area contributed by atoms with E-state index in [1.807, 2.05) is 30.5 Å². The van der Waals surface area contributed by atoms with Crippen molar-refractivity contribution < 1.29 is 4.79 Å². The third kappa shape index (κ3) is 2.50. The van der Waals surface area contributed by atoms with Crippen molar-refractivity contribution in [3.8, 4) is 0 Å². The third-order valence-corrected chi connectivity index (χ3v) is 4.12. The van der Waals surface area contributed by atoms with Gasteiger partial charge in [-0.2, -0.15) is 0 Å². The van der Waals surface area contributed by atoms with Crippen LogP contribution in [0.2, 0.25) is 0 Å². The molecule has 1 atom stereocenters. The Labute approximate surface area is 113 Å². The molecule has 2 N–H and O–H groups in total. The van der Waals surface area contributed by atoms with Crippen LogP contribution in [0.3, 0.4) is 0 Å². The fourth-order valence-electron chi connectivity index (χ4n) is 3.02. The van der Waals surface area contributed by atoms with E-state index in [1.54, 1.807) is 0 Å². The Balaban J connectivity index is 1.73. The first-order valence-electron chi connectivity index (χ1n) is 6.92. The standard InChI is InChI=1S/C16H20N2O/c1-16(2)7-5-13(10-16)18-15(19)12-3-4-14-11(9-12)6-8-17-14/h3-4,6,8-9,13,17H,5,7,10H2,1-2H3,(H,18,19). The molecule has 3 rings (SSSR count). The van der Waals surface area contributed by atoms with Gasteiger partial charge in [0.25, 0.3) is 5.91 Å². The number of carbonyl (C=O) groups is 1. The van der Waals surface area contributed by atoms with E-state index < -0.39 is 0 Å². The topological polar surface area (TPSA) is 44.9 Å². The van der Waals surface area contributed by atoms with Crippen LogP contribution in [0.4, 0.5) is 0 Å². The quantitative estimate of drug-likeness (QED) is 0.849. The van der Waals surface area contributed by atoms with Crippen molar-refractivity contribution in [3.05, 3.63) is 36.0 Å². The molecule has 1 saturated carbocycles. The molecule has 1 aromatic heterocycles. The lowest BCUT2D eigenvalue weighted by Gasteiger charge is -2.17. The molecule has 0 bridgehead atoms. The minimum absolute atomic E-state index is 0.0470. The first-order chi connectivity index (χ1) is 9.03. The van der Waals surface area contributed by atoms with Crippen LogP contribution in [-0.2, 0) is 0 Å². The Morgan fingerprint density at radius 2 is 2.21 bits per heavy atom. The van der Waals surface area contributed by atoms with Gasteiger partial charge in [0.15, 0.2) is 0 Å². The number of fused-ring (bicyclic) bond motifs is 1. The minimum Gasteiger partial charge on any atom is -0.361 e. The van der Waals surface area contributed by atoms with Crippen molar-refractivity contribution in [2.75, 3.05) is 0 Å². The van der Waals surface area contributed by atoms with E-state index in [1.165, 1.54) is 6.42 Å². The molecule has 1 aliphatic rings. The highest BCUT2D eigenvalue weighted by atomic mass is 16.1. The fraction of sp³-hybridized carbons (Fsp3) is 0.438. The Hall–Kier alpha value is -1.77. The smallest absolute Gasteiger partial charge is 0.251 e. The second kappa shape index (κ2) is 4.41. The van der Waals surface area contributed by atoms with Gasteiger partial charge in [0.05, 0.1) is 0 Å². The van der Waals surface area contributed by atoms with E-state index in [-0.39, 0.29) is 5.91 Å². The molecule has 0 saturated heterocycles. The van der Waals surface area contributed by atoms with E-state index in [4.69, 9.17) is 0 Å². The molecule has 0 spiro atoms. The number of H-pyrrole nitrogens is 1. The molecule has 1 aromatic carbocycles. The molecule has 0 radical (unpaired) electrons. The summed E-state index contributed by atoms with van der Waals surface area (Å²) in [6, 6.07) is 8.10. The Kier molecular flexibility index (Phi) is 2.85. The molecule has 3 nitrogen and oxygen atoms in total. The van der Waals surface area contributed by atoms with Crippen molar-refractivity contribution in [3.63, 3.8) is 0 Å². The van der Waals surface area contributed by atoms with E-state index >= 15 is 0 Å². The van der Waals surface area contributed by atoms with Gasteiger partial charge in [0, 0.05) is 28.7 Å². The SMILES string of the molecule is CC1(C)CCC(NC(=O)c2ccc3[nH]ccc3c2)C1. The molecule has 1 fully saturated rings. The van der Waals surface area contributed by atoms with Gasteiger partial charge in [-0.05, 0) is 48.9 Å². The number of hydrogen-bond acceptors (Lipinski definition) is 1. The largest absolute Gasteiger partial charge is 0.361 e. The summed E-state index contributed by atoms with van der Waals surface area (Å²) in [7, 11) is 0. The highest BCUT2D eigenvalue weighted by molar-refractivity contribution is 5.98. The predicted octanol–water partition coefficient (Wildman–Crippen LogP) is 3.48. The van der Waals surface area contributed by atoms with Crippen molar-refractivity contribution in [2.45, 2.75) is 39.2 Å². The van der Waals surface area contributed by atoms with Crippen LogP contribution in [0.5, 0.6) is 0 Å². The molecule has 100 valence electrons. The second-order valence-electron chi connectivity index (χ2n) is 6.36. The summed E-state index contributed by atoms with van der Waals surface area (Å²) in [6.45, 7) is 4.54. The summed E-state index contributed by atoms with van der Waals surface area (Å²) in [6.07, 6.45) is 5.25. The summed E-state index contributed by atoms with van der Waals surface area (Å²) in [5, 5.41) is 4.24. The monoisotopic (exact) mass is 256 g/mol. The van der Waals surface area contributed by atoms with Crippen LogP contribution in [0.15, 0.2) is 30.5 Å². The zero-order valence-corrected chi connectivity index (χ0v) is 11.5. The Morgan fingerprint density at radius 3 is 2.95 bits per heavy atom. The summed E-state index contributed by atoms with van der Waals surface area (Å²) in [5.74, 6) is 0.0470. The van der Waals surface area contributed by atoms with Crippen LogP contribution in [0.25, 0.3) is 10.9 Å². The summed E-state index contributed by atoms with van der Waals surface area (Å²) in [4.78, 5) is 15.4. The summed E-state index contributed by atoms with van der Waals surface area (Å²) >= 11 is 0. The van der Waals surface area contributed by atoms with E-state index in [0.29, 0.717) is 11.5 Å². The fourth-order valence-corrected chi connectivity index (χ4v) is 3.02. The molecule has 1 amide bonds. The molecular weight excluding hydrogens is 236 g/mol. The normalized spacial score (nSPS) is 21.7. The van der Waals surface area contributed by atoms with Gasteiger partial charge in [0.2, 0.25) is 0 Å². The number of nitrogens with one attached hydrogen (secondary N) is 2. The zero-order chi connectivity index (χ0) is 13.5. The highest BCUT2D eigenvalue weighted by Crippen LogP contribution is 2.37. The molecule has 3 heteroatoms. The first-order valence-corrected chi connectivity index (χ1v) is 6.92. The van der Waals surface area contributed by atoms with Gasteiger partial charge in [-0.25, -0.2) is 0 Å². The number of rotatable bonds is 2. The Bertz CT molecular complexity index is 612. The summed E-state index contributed by atoms with van der Waals surface area (Å²) < 4.78 is 0. The second-order valence-corrected chi connectivity index (χ2v) is 6.36. The van der Waals surface area contributed by atoms with Crippen LogP contribution in [-0.4, -0.2) is 16.9 Å². The van der Waals surface area contributed by atoms with Crippen molar-refractivity contribution in [1.29, 1.82) is 0 Å². The molecular formula is C16H20N2O. The van der Waals surface area contributed by atoms with Gasteiger partial charge in [0.1, 0.15) is 0 Å². The number of carbonyl (C=O) groups excluding carboxylic acids is 1. The molecule has 1 unspecified atom stereocenters. The molecule has 19 heavy (non-hydrogen) atoms. The number of hydrogen-bond donors (Lipinski definition) is 2. The Morgan fingerprint density at radius 1 is 1.37 bits per heavy atom. The van der Waals surface area contributed by atoms with E-state index in [0.717, 1.165) is 29.3 Å². The average Bonchev–Trinajstić information content (AvgIpc) is 2.94. The first kappa shape index (κ1) is 12.3. The predicted molar refractivity (Wildman–Crippen MR) is 77.2 cm³/mol. The van der Waals surface area contributed by atoms with Gasteiger partial charge in [-0.15, -0.1) is 0 Å². The minimum atomic E-state index is 0.0470. The molecule has 1 heterocycles. The highest BCUT2D eigenvalue weighted by Gasteiger charge is 2.31. The van der Waals surface area contributed by atoms with Crippen LogP contribution in [0, 0.1) is 5.41 Å². The van der Waals surface area contributed by atoms with Gasteiger partial charge >= 0.3 is 0 Å². The van der Waals surface area contributed by atoms with E-state index in [2.05, 4.69) is 24.1 Å². The lowest BCUT2D eigenvalue weighted by molar-refractivity contribution is 0.0936. The maximum atomic E-state index is 12.3. The number of aromatic nitrogens is 1. The van der Waals surface area contributed by atoms with Crippen LogP contribution in [0.1, 0.15) is 43.5 Å². The number of benzene rings is 1. The molecule has 2 aromatic rings. The van der Waals surface area contributed by atoms with E-state index in [9.17, 15) is 4.79 Å². The summed E-state index contributed by atoms with van der Waals surface area (Å²) in [5.41, 5.74) is 2.18. The maximum absolute atomic E-state index is 12.3. The zero-order valence-electron chi connectivity index (χ0n) is 11.5. The van der Waals surface area contributed by atoms with Gasteiger partial charge < -0.3 is 10.3 Å². The van der Waals surface area contributed by atoms with Crippen molar-refractivity contribution in [2.24, 2.45) is 5.41 Å². The lowest BCUT2D eigenvalue weighted by atomic mass is 9.92. The van der Waals surface area contributed by atoms with Crippen molar-refractivity contribution >= 4 is 16.8 Å². The van der Waals surface area contributed by atoms with Gasteiger partial charge in [-0.3, -0.25) is 4.79 Å². The molecule has 0 aliphatic heterocycles. The molecule has 1 aliphatic carbocycles. The van der Waals surface area contributed by atoms with Gasteiger partial charge in [-0.1, -0.05) is 13.8 Å². The maximum Gasteiger partial charge on any atom is 0.251 e. The number of aromatic amines is 1. The number of amides is 1. The average molecular weight is 256 g/mol. The third-order valence-electron chi connectivity index (χ3n) is 4.12. The van der Waals surface area contributed by atoms with Crippen LogP contribution >= 0.6 is 0 Å². The van der Waals surface area contributed by atoms with Crippen molar-refractivity contribution in [1.82, 2.24) is 10.3 Å².